The molecule has 0 aliphatic heterocycles. The number of aliphatic hydroxyl groups excluding tert-OH is 1. The Kier molecular flexibility index (Phi) is 8.17. The van der Waals surface area contributed by atoms with Crippen LogP contribution in [0.3, 0.4) is 0 Å². The first-order chi connectivity index (χ1) is 8.45. The monoisotopic (exact) mass is 308 g/mol. The average Bonchev–Trinajstić information content (AvgIpc) is 2.78. The predicted molar refractivity (Wildman–Crippen MR) is 77.7 cm³/mol. The highest BCUT2D eigenvalue weighted by Crippen LogP contribution is 2.23. The molecule has 3 N–H and O–H groups in total. The fourth-order valence-corrected chi connectivity index (χ4v) is 2.16. The van der Waals surface area contributed by atoms with Gasteiger partial charge in [0.2, 0.25) is 0 Å². The molecule has 0 bridgehead atoms. The van der Waals surface area contributed by atoms with Gasteiger partial charge < -0.3 is 15.6 Å². The van der Waals surface area contributed by atoms with Crippen LogP contribution in [0.4, 0.5) is 0 Å². The van der Waals surface area contributed by atoms with Crippen LogP contribution >= 0.6 is 23.7 Å². The van der Waals surface area contributed by atoms with Gasteiger partial charge in [-0.05, 0) is 19.3 Å². The van der Waals surface area contributed by atoms with Crippen LogP contribution in [0.1, 0.15) is 48.8 Å². The minimum atomic E-state index is -0.726. The van der Waals surface area contributed by atoms with Crippen molar-refractivity contribution in [2.24, 2.45) is 11.7 Å². The van der Waals surface area contributed by atoms with Gasteiger partial charge in [0.05, 0.1) is 6.61 Å². The molecule has 0 unspecified atom stereocenters. The first-order valence-corrected chi connectivity index (χ1v) is 6.89. The van der Waals surface area contributed by atoms with E-state index in [4.69, 9.17) is 10.5 Å². The number of aromatic nitrogens is 1. The number of carbonyl (C=O) groups excluding carboxylic acids is 1. The summed E-state index contributed by atoms with van der Waals surface area (Å²) in [5, 5.41) is 12.1. The Balaban J connectivity index is 0.00000324. The van der Waals surface area contributed by atoms with Crippen LogP contribution in [0.25, 0.3) is 0 Å². The van der Waals surface area contributed by atoms with Crippen molar-refractivity contribution in [1.82, 2.24) is 4.98 Å². The number of aliphatic hydroxyl groups is 1. The van der Waals surface area contributed by atoms with Crippen molar-refractivity contribution in [1.29, 1.82) is 0 Å². The van der Waals surface area contributed by atoms with Crippen LogP contribution in [0, 0.1) is 5.92 Å². The van der Waals surface area contributed by atoms with Gasteiger partial charge in [0, 0.05) is 11.4 Å². The molecule has 0 spiro atoms. The minimum absolute atomic E-state index is 0. The largest absolute Gasteiger partial charge is 0.461 e. The molecule has 0 aromatic carbocycles. The van der Waals surface area contributed by atoms with E-state index in [2.05, 4.69) is 4.98 Å². The third-order valence-corrected chi connectivity index (χ3v) is 3.59. The summed E-state index contributed by atoms with van der Waals surface area (Å²) in [4.78, 5) is 15.5. The summed E-state index contributed by atoms with van der Waals surface area (Å²) in [7, 11) is 0. The van der Waals surface area contributed by atoms with Gasteiger partial charge in [-0.15, -0.1) is 23.7 Å². The van der Waals surface area contributed by atoms with Crippen LogP contribution in [-0.4, -0.2) is 28.7 Å². The Morgan fingerprint density at radius 1 is 1.58 bits per heavy atom. The normalized spacial score (nSPS) is 13.8. The first-order valence-electron chi connectivity index (χ1n) is 6.01. The molecule has 2 atom stereocenters. The maximum Gasteiger partial charge on any atom is 0.357 e. The van der Waals surface area contributed by atoms with Gasteiger partial charge in [0.15, 0.2) is 5.69 Å². The molecule has 0 saturated heterocycles. The number of thiazole rings is 1. The lowest BCUT2D eigenvalue weighted by Gasteiger charge is -2.17. The Bertz CT molecular complexity index is 398. The van der Waals surface area contributed by atoms with Gasteiger partial charge in [-0.2, -0.15) is 0 Å². The molecule has 19 heavy (non-hydrogen) atoms. The molecule has 0 fully saturated rings. The van der Waals surface area contributed by atoms with Crippen LogP contribution in [-0.2, 0) is 4.74 Å². The van der Waals surface area contributed by atoms with Crippen molar-refractivity contribution in [3.8, 4) is 0 Å². The number of carbonyl (C=O) groups is 1. The standard InChI is InChI=1S/C12H20N2O3S.ClH/c1-4-17-12(16)9-6-18-11(14-9)10(15)5-8(13)7(2)3;/h6-8,10,15H,4-5,13H2,1-3H3;1H/t8-,10-;/m1./s1. The fraction of sp³-hybridized carbons (Fsp3) is 0.667. The molecule has 0 aliphatic rings. The van der Waals surface area contributed by atoms with Crippen LogP contribution < -0.4 is 5.73 Å². The maximum absolute atomic E-state index is 11.4. The van der Waals surface area contributed by atoms with E-state index in [0.717, 1.165) is 0 Å². The first kappa shape index (κ1) is 18.3. The number of rotatable bonds is 6. The number of nitrogens with zero attached hydrogens (tertiary/aromatic N) is 1. The third kappa shape index (κ3) is 5.44. The molecule has 1 heterocycles. The highest BCUT2D eigenvalue weighted by molar-refractivity contribution is 7.09. The summed E-state index contributed by atoms with van der Waals surface area (Å²) < 4.78 is 4.84. The van der Waals surface area contributed by atoms with E-state index >= 15 is 0 Å². The van der Waals surface area contributed by atoms with E-state index in [1.54, 1.807) is 12.3 Å². The lowest BCUT2D eigenvalue weighted by molar-refractivity contribution is 0.0519. The van der Waals surface area contributed by atoms with Gasteiger partial charge in [0.1, 0.15) is 11.1 Å². The van der Waals surface area contributed by atoms with Gasteiger partial charge >= 0.3 is 5.97 Å². The molecule has 0 amide bonds. The second-order valence-corrected chi connectivity index (χ2v) is 5.34. The Morgan fingerprint density at radius 2 is 2.21 bits per heavy atom. The van der Waals surface area contributed by atoms with E-state index in [0.29, 0.717) is 24.0 Å². The van der Waals surface area contributed by atoms with Gasteiger partial charge in [-0.3, -0.25) is 0 Å². The molecule has 0 aliphatic carbocycles. The second-order valence-electron chi connectivity index (χ2n) is 4.45. The van der Waals surface area contributed by atoms with E-state index in [1.807, 2.05) is 13.8 Å². The maximum atomic E-state index is 11.4. The Labute approximate surface area is 123 Å². The van der Waals surface area contributed by atoms with Crippen molar-refractivity contribution in [3.05, 3.63) is 16.1 Å². The lowest BCUT2D eigenvalue weighted by atomic mass is 9.99. The number of halogens is 1. The highest BCUT2D eigenvalue weighted by Gasteiger charge is 2.20. The van der Waals surface area contributed by atoms with Crippen LogP contribution in [0.15, 0.2) is 5.38 Å². The quantitative estimate of drug-likeness (QED) is 0.786. The summed E-state index contributed by atoms with van der Waals surface area (Å²) in [6.45, 7) is 6.06. The average molecular weight is 309 g/mol. The molecule has 1 aromatic rings. The summed E-state index contributed by atoms with van der Waals surface area (Å²) in [6, 6.07) is -0.0880. The Morgan fingerprint density at radius 3 is 2.74 bits per heavy atom. The van der Waals surface area contributed by atoms with Crippen molar-refractivity contribution in [2.45, 2.75) is 39.3 Å². The number of esters is 1. The van der Waals surface area contributed by atoms with Crippen molar-refractivity contribution in [2.75, 3.05) is 6.61 Å². The third-order valence-electron chi connectivity index (χ3n) is 2.64. The molecule has 5 nitrogen and oxygen atoms in total. The summed E-state index contributed by atoms with van der Waals surface area (Å²) >= 11 is 1.25. The predicted octanol–water partition coefficient (Wildman–Crippen LogP) is 2.15. The van der Waals surface area contributed by atoms with Crippen LogP contribution in [0.2, 0.25) is 0 Å². The molecular formula is C12H21ClN2O3S. The van der Waals surface area contributed by atoms with Crippen molar-refractivity contribution >= 4 is 29.7 Å². The zero-order chi connectivity index (χ0) is 13.7. The fourth-order valence-electron chi connectivity index (χ4n) is 1.37. The SMILES string of the molecule is CCOC(=O)c1csc([C@H](O)C[C@@H](N)C(C)C)n1.Cl. The molecule has 7 heteroatoms. The van der Waals surface area contributed by atoms with Crippen LogP contribution in [0.5, 0.6) is 0 Å². The van der Waals surface area contributed by atoms with E-state index < -0.39 is 12.1 Å². The minimum Gasteiger partial charge on any atom is -0.461 e. The summed E-state index contributed by atoms with van der Waals surface area (Å²) in [5.74, 6) is -0.163. The molecule has 1 rings (SSSR count). The van der Waals surface area contributed by atoms with Crippen molar-refractivity contribution in [3.63, 3.8) is 0 Å². The van der Waals surface area contributed by atoms with E-state index in [1.165, 1.54) is 11.3 Å². The molecule has 0 radical (unpaired) electrons. The molecule has 1 aromatic heterocycles. The molecule has 110 valence electrons. The van der Waals surface area contributed by atoms with Gasteiger partial charge in [0.25, 0.3) is 0 Å². The van der Waals surface area contributed by atoms with Crippen molar-refractivity contribution < 1.29 is 14.6 Å². The second kappa shape index (κ2) is 8.47. The number of nitrogens with two attached hydrogens (primary N) is 1. The topological polar surface area (TPSA) is 85.4 Å². The highest BCUT2D eigenvalue weighted by atomic mass is 35.5. The number of hydrogen-bond acceptors (Lipinski definition) is 6. The molecular weight excluding hydrogens is 288 g/mol. The number of hydrogen-bond donors (Lipinski definition) is 2. The summed E-state index contributed by atoms with van der Waals surface area (Å²) in [5.41, 5.74) is 6.14. The summed E-state index contributed by atoms with van der Waals surface area (Å²) in [6.07, 6.45) is -0.288. The van der Waals surface area contributed by atoms with E-state index in [9.17, 15) is 9.90 Å². The zero-order valence-corrected chi connectivity index (χ0v) is 13.0. The number of ether oxygens (including phenoxy) is 1. The lowest BCUT2D eigenvalue weighted by Crippen LogP contribution is -2.28. The van der Waals surface area contributed by atoms with Gasteiger partial charge in [-0.25, -0.2) is 9.78 Å². The van der Waals surface area contributed by atoms with E-state index in [-0.39, 0.29) is 24.1 Å². The Hall–Kier alpha value is -0.690. The smallest absolute Gasteiger partial charge is 0.357 e. The van der Waals surface area contributed by atoms with Gasteiger partial charge in [-0.1, -0.05) is 13.8 Å². The zero-order valence-electron chi connectivity index (χ0n) is 11.3. The molecule has 0 saturated carbocycles.